The highest BCUT2D eigenvalue weighted by Crippen LogP contribution is 2.14. The maximum atomic E-state index is 11.6. The zero-order chi connectivity index (χ0) is 11.0. The molecule has 0 atom stereocenters. The first-order valence-corrected chi connectivity index (χ1v) is 4.92. The Balaban J connectivity index is 2.64. The van der Waals surface area contributed by atoms with Gasteiger partial charge in [-0.05, 0) is 35.9 Å². The van der Waals surface area contributed by atoms with E-state index >= 15 is 0 Å². The predicted octanol–water partition coefficient (Wildman–Crippen LogP) is 1.88. The van der Waals surface area contributed by atoms with Crippen LogP contribution in [0, 0.1) is 0 Å². The SMILES string of the molecule is Cn1nc(Cl)n(-c2ccc(Cl)cc2)c1=O. The monoisotopic (exact) mass is 243 g/mol. The van der Waals surface area contributed by atoms with Crippen LogP contribution in [0.25, 0.3) is 5.69 Å². The van der Waals surface area contributed by atoms with Crippen LogP contribution in [-0.2, 0) is 7.05 Å². The molecule has 0 N–H and O–H groups in total. The number of benzene rings is 1. The van der Waals surface area contributed by atoms with Crippen molar-refractivity contribution in [2.24, 2.45) is 7.05 Å². The number of hydrogen-bond donors (Lipinski definition) is 0. The van der Waals surface area contributed by atoms with Crippen LogP contribution in [0.5, 0.6) is 0 Å². The molecule has 0 saturated heterocycles. The molecule has 15 heavy (non-hydrogen) atoms. The van der Waals surface area contributed by atoms with E-state index in [1.54, 1.807) is 31.3 Å². The standard InChI is InChI=1S/C9H7Cl2N3O/c1-13-9(15)14(8(11)12-13)7-4-2-6(10)3-5-7/h2-5H,1H3. The largest absolute Gasteiger partial charge is 0.351 e. The number of nitrogens with zero attached hydrogens (tertiary/aromatic N) is 3. The maximum Gasteiger partial charge on any atom is 0.351 e. The third-order valence-corrected chi connectivity index (χ3v) is 2.47. The summed E-state index contributed by atoms with van der Waals surface area (Å²) in [6.07, 6.45) is 0. The molecule has 0 radical (unpaired) electrons. The van der Waals surface area contributed by atoms with Crippen molar-refractivity contribution in [3.63, 3.8) is 0 Å². The molecular weight excluding hydrogens is 237 g/mol. The van der Waals surface area contributed by atoms with Crippen molar-refractivity contribution in [2.75, 3.05) is 0 Å². The van der Waals surface area contributed by atoms with E-state index in [1.807, 2.05) is 0 Å². The lowest BCUT2D eigenvalue weighted by molar-refractivity contribution is 0.726. The highest BCUT2D eigenvalue weighted by molar-refractivity contribution is 6.30. The average molecular weight is 244 g/mol. The molecule has 0 aliphatic heterocycles. The van der Waals surface area contributed by atoms with Crippen LogP contribution in [0.1, 0.15) is 0 Å². The Bertz CT molecular complexity index is 541. The first-order chi connectivity index (χ1) is 7.09. The summed E-state index contributed by atoms with van der Waals surface area (Å²) < 4.78 is 2.48. The Morgan fingerprint density at radius 1 is 1.20 bits per heavy atom. The number of rotatable bonds is 1. The van der Waals surface area contributed by atoms with Gasteiger partial charge in [-0.2, -0.15) is 0 Å². The molecule has 0 aliphatic carbocycles. The minimum atomic E-state index is -0.290. The lowest BCUT2D eigenvalue weighted by Gasteiger charge is -2.00. The number of aromatic nitrogens is 3. The van der Waals surface area contributed by atoms with Crippen molar-refractivity contribution in [1.82, 2.24) is 14.3 Å². The summed E-state index contributed by atoms with van der Waals surface area (Å²) in [4.78, 5) is 11.6. The predicted molar refractivity (Wildman–Crippen MR) is 58.8 cm³/mol. The molecule has 0 bridgehead atoms. The molecule has 0 spiro atoms. The van der Waals surface area contributed by atoms with E-state index in [9.17, 15) is 4.79 Å². The van der Waals surface area contributed by atoms with Crippen LogP contribution in [0.2, 0.25) is 10.3 Å². The van der Waals surface area contributed by atoms with E-state index in [0.717, 1.165) is 0 Å². The van der Waals surface area contributed by atoms with Gasteiger partial charge < -0.3 is 0 Å². The van der Waals surface area contributed by atoms with Crippen molar-refractivity contribution >= 4 is 23.2 Å². The lowest BCUT2D eigenvalue weighted by atomic mass is 10.3. The fraction of sp³-hybridized carbons (Fsp3) is 0.111. The Kier molecular flexibility index (Phi) is 2.54. The van der Waals surface area contributed by atoms with E-state index in [0.29, 0.717) is 10.7 Å². The van der Waals surface area contributed by atoms with Gasteiger partial charge in [-0.3, -0.25) is 0 Å². The number of aryl methyl sites for hydroxylation is 1. The number of hydrogen-bond acceptors (Lipinski definition) is 2. The topological polar surface area (TPSA) is 39.8 Å². The van der Waals surface area contributed by atoms with Gasteiger partial charge in [0, 0.05) is 12.1 Å². The van der Waals surface area contributed by atoms with Crippen LogP contribution in [0.3, 0.4) is 0 Å². The van der Waals surface area contributed by atoms with Gasteiger partial charge in [-0.25, -0.2) is 14.0 Å². The van der Waals surface area contributed by atoms with Gasteiger partial charge in [0.15, 0.2) is 0 Å². The molecule has 1 aromatic carbocycles. The van der Waals surface area contributed by atoms with Crippen molar-refractivity contribution in [3.05, 3.63) is 45.1 Å². The van der Waals surface area contributed by atoms with Crippen LogP contribution in [-0.4, -0.2) is 14.3 Å². The molecule has 4 nitrogen and oxygen atoms in total. The first kappa shape index (κ1) is 10.3. The van der Waals surface area contributed by atoms with Gasteiger partial charge in [0.25, 0.3) is 0 Å². The first-order valence-electron chi connectivity index (χ1n) is 4.17. The van der Waals surface area contributed by atoms with Crippen LogP contribution in [0.15, 0.2) is 29.1 Å². The highest BCUT2D eigenvalue weighted by Gasteiger charge is 2.10. The van der Waals surface area contributed by atoms with Crippen LogP contribution >= 0.6 is 23.2 Å². The summed E-state index contributed by atoms with van der Waals surface area (Å²) in [5.74, 6) is 0. The molecule has 2 rings (SSSR count). The van der Waals surface area contributed by atoms with E-state index in [-0.39, 0.29) is 11.0 Å². The third kappa shape index (κ3) is 1.78. The summed E-state index contributed by atoms with van der Waals surface area (Å²) in [6, 6.07) is 6.79. The van der Waals surface area contributed by atoms with Gasteiger partial charge in [0.05, 0.1) is 5.69 Å². The Labute approximate surface area is 95.7 Å². The van der Waals surface area contributed by atoms with E-state index in [2.05, 4.69) is 5.10 Å². The Morgan fingerprint density at radius 2 is 1.80 bits per heavy atom. The zero-order valence-electron chi connectivity index (χ0n) is 7.82. The van der Waals surface area contributed by atoms with E-state index < -0.39 is 0 Å². The second kappa shape index (κ2) is 3.72. The third-order valence-electron chi connectivity index (χ3n) is 1.97. The molecule has 78 valence electrons. The molecule has 0 fully saturated rings. The summed E-state index contributed by atoms with van der Waals surface area (Å²) in [5, 5.41) is 4.54. The number of halogens is 2. The van der Waals surface area contributed by atoms with Crippen molar-refractivity contribution in [3.8, 4) is 5.69 Å². The average Bonchev–Trinajstić information content (AvgIpc) is 2.44. The molecule has 0 saturated carbocycles. The fourth-order valence-electron chi connectivity index (χ4n) is 1.24. The molecule has 0 aliphatic rings. The molecule has 6 heteroatoms. The fourth-order valence-corrected chi connectivity index (χ4v) is 1.65. The normalized spacial score (nSPS) is 10.6. The van der Waals surface area contributed by atoms with Gasteiger partial charge in [0.2, 0.25) is 5.28 Å². The minimum Gasteiger partial charge on any atom is -0.246 e. The van der Waals surface area contributed by atoms with Crippen molar-refractivity contribution < 1.29 is 0 Å². The summed E-state index contributed by atoms with van der Waals surface area (Å²) in [6.45, 7) is 0. The smallest absolute Gasteiger partial charge is 0.246 e. The molecule has 0 unspecified atom stereocenters. The second-order valence-corrected chi connectivity index (χ2v) is 3.76. The van der Waals surface area contributed by atoms with Gasteiger partial charge in [0.1, 0.15) is 0 Å². The van der Waals surface area contributed by atoms with Gasteiger partial charge in [-0.15, -0.1) is 5.10 Å². The lowest BCUT2D eigenvalue weighted by Crippen LogP contribution is -2.21. The summed E-state index contributed by atoms with van der Waals surface area (Å²) in [7, 11) is 1.54. The zero-order valence-corrected chi connectivity index (χ0v) is 9.33. The van der Waals surface area contributed by atoms with Crippen LogP contribution < -0.4 is 5.69 Å². The molecular formula is C9H7Cl2N3O. The highest BCUT2D eigenvalue weighted by atomic mass is 35.5. The Morgan fingerprint density at radius 3 is 2.27 bits per heavy atom. The van der Waals surface area contributed by atoms with Gasteiger partial charge in [-0.1, -0.05) is 11.6 Å². The Hall–Kier alpha value is -1.26. The quantitative estimate of drug-likeness (QED) is 0.768. The van der Waals surface area contributed by atoms with Crippen molar-refractivity contribution in [2.45, 2.75) is 0 Å². The maximum absolute atomic E-state index is 11.6. The molecule has 0 amide bonds. The summed E-state index contributed by atoms with van der Waals surface area (Å²) in [5.41, 5.74) is 0.352. The molecule has 1 heterocycles. The second-order valence-electron chi connectivity index (χ2n) is 2.99. The van der Waals surface area contributed by atoms with Crippen LogP contribution in [0.4, 0.5) is 0 Å². The summed E-state index contributed by atoms with van der Waals surface area (Å²) >= 11 is 11.6. The molecule has 1 aromatic heterocycles. The minimum absolute atomic E-state index is 0.129. The van der Waals surface area contributed by atoms with E-state index in [1.165, 1.54) is 9.25 Å². The van der Waals surface area contributed by atoms with Gasteiger partial charge >= 0.3 is 5.69 Å². The van der Waals surface area contributed by atoms with Crippen molar-refractivity contribution in [1.29, 1.82) is 0 Å². The van der Waals surface area contributed by atoms with E-state index in [4.69, 9.17) is 23.2 Å². The molecule has 2 aromatic rings.